The molecule has 26 heavy (non-hydrogen) atoms. The molecule has 0 aromatic heterocycles. The average molecular weight is 382 g/mol. The zero-order valence-electron chi connectivity index (χ0n) is 16.2. The lowest BCUT2D eigenvalue weighted by molar-refractivity contribution is -0.128. The normalized spacial score (nSPS) is 16.6. The number of nitrogens with one attached hydrogen (secondary N) is 1. The number of carbonyl (C=O) groups is 2. The van der Waals surface area contributed by atoms with Crippen LogP contribution in [0.3, 0.4) is 0 Å². The standard InChI is InChI=1S/C20H31N3O2.ClH/c1-14(21)16-9-11-23(12-10-16)18(24)17-7-5-15(6-8-17)13-22-19(25)20(2,3)4;/h5-8,14,16H,9-13,21H2,1-4H3,(H,22,25);1H. The summed E-state index contributed by atoms with van der Waals surface area (Å²) in [6.07, 6.45) is 1.95. The molecule has 1 heterocycles. The molecule has 146 valence electrons. The predicted molar refractivity (Wildman–Crippen MR) is 107 cm³/mol. The summed E-state index contributed by atoms with van der Waals surface area (Å²) < 4.78 is 0. The Hall–Kier alpha value is -1.59. The van der Waals surface area contributed by atoms with Gasteiger partial charge < -0.3 is 16.0 Å². The van der Waals surface area contributed by atoms with Gasteiger partial charge in [-0.1, -0.05) is 32.9 Å². The highest BCUT2D eigenvalue weighted by Gasteiger charge is 2.25. The van der Waals surface area contributed by atoms with Crippen LogP contribution in [-0.2, 0) is 11.3 Å². The molecule has 3 N–H and O–H groups in total. The first-order valence-corrected chi connectivity index (χ1v) is 9.10. The topological polar surface area (TPSA) is 75.4 Å². The van der Waals surface area contributed by atoms with Gasteiger partial charge in [-0.15, -0.1) is 12.4 Å². The lowest BCUT2D eigenvalue weighted by atomic mass is 9.90. The number of likely N-dealkylation sites (tertiary alicyclic amines) is 1. The zero-order chi connectivity index (χ0) is 18.6. The number of hydrogen-bond donors (Lipinski definition) is 2. The fourth-order valence-electron chi connectivity index (χ4n) is 3.02. The highest BCUT2D eigenvalue weighted by Crippen LogP contribution is 2.21. The number of nitrogens with zero attached hydrogens (tertiary/aromatic N) is 1. The number of benzene rings is 1. The van der Waals surface area contributed by atoms with Crippen LogP contribution >= 0.6 is 12.4 Å². The summed E-state index contributed by atoms with van der Waals surface area (Å²) in [4.78, 5) is 26.4. The van der Waals surface area contributed by atoms with E-state index in [4.69, 9.17) is 5.73 Å². The molecular weight excluding hydrogens is 350 g/mol. The molecule has 0 bridgehead atoms. The van der Waals surface area contributed by atoms with E-state index in [-0.39, 0.29) is 30.3 Å². The summed E-state index contributed by atoms with van der Waals surface area (Å²) >= 11 is 0. The lowest BCUT2D eigenvalue weighted by Crippen LogP contribution is -2.42. The van der Waals surface area contributed by atoms with Gasteiger partial charge in [0, 0.05) is 36.7 Å². The molecule has 6 heteroatoms. The summed E-state index contributed by atoms with van der Waals surface area (Å²) in [7, 11) is 0. The molecule has 2 rings (SSSR count). The van der Waals surface area contributed by atoms with Crippen LogP contribution in [0.2, 0.25) is 0 Å². The fraction of sp³-hybridized carbons (Fsp3) is 0.600. The fourth-order valence-corrected chi connectivity index (χ4v) is 3.02. The van der Waals surface area contributed by atoms with Crippen molar-refractivity contribution in [1.29, 1.82) is 0 Å². The first-order valence-electron chi connectivity index (χ1n) is 9.10. The van der Waals surface area contributed by atoms with Crippen LogP contribution < -0.4 is 11.1 Å². The van der Waals surface area contributed by atoms with Crippen LogP contribution in [0.5, 0.6) is 0 Å². The van der Waals surface area contributed by atoms with Gasteiger partial charge in [0.1, 0.15) is 0 Å². The lowest BCUT2D eigenvalue weighted by Gasteiger charge is -2.33. The molecule has 1 atom stereocenters. The van der Waals surface area contributed by atoms with Gasteiger partial charge in [0.25, 0.3) is 5.91 Å². The van der Waals surface area contributed by atoms with Crippen LogP contribution in [0.15, 0.2) is 24.3 Å². The first-order chi connectivity index (χ1) is 11.7. The first kappa shape index (κ1) is 22.5. The van der Waals surface area contributed by atoms with Crippen molar-refractivity contribution in [3.63, 3.8) is 0 Å². The summed E-state index contributed by atoms with van der Waals surface area (Å²) in [5, 5.41) is 2.92. The Morgan fingerprint density at radius 1 is 1.19 bits per heavy atom. The third-order valence-electron chi connectivity index (χ3n) is 4.91. The van der Waals surface area contributed by atoms with E-state index in [1.807, 2.05) is 56.9 Å². The van der Waals surface area contributed by atoms with Crippen LogP contribution in [0.4, 0.5) is 0 Å². The second-order valence-corrected chi connectivity index (χ2v) is 8.12. The maximum atomic E-state index is 12.6. The van der Waals surface area contributed by atoms with E-state index in [1.165, 1.54) is 0 Å². The number of amides is 2. The van der Waals surface area contributed by atoms with Crippen molar-refractivity contribution < 1.29 is 9.59 Å². The van der Waals surface area contributed by atoms with Crippen LogP contribution in [-0.4, -0.2) is 35.8 Å². The highest BCUT2D eigenvalue weighted by molar-refractivity contribution is 5.94. The molecule has 0 saturated carbocycles. The van der Waals surface area contributed by atoms with Crippen molar-refractivity contribution in [3.05, 3.63) is 35.4 Å². The number of halogens is 1. The van der Waals surface area contributed by atoms with Gasteiger partial charge in [-0.05, 0) is 43.4 Å². The van der Waals surface area contributed by atoms with E-state index in [1.54, 1.807) is 0 Å². The third-order valence-corrected chi connectivity index (χ3v) is 4.91. The largest absolute Gasteiger partial charge is 0.352 e. The predicted octanol–water partition coefficient (Wildman–Crippen LogP) is 2.97. The Morgan fingerprint density at radius 2 is 1.73 bits per heavy atom. The number of piperidine rings is 1. The molecule has 0 radical (unpaired) electrons. The molecule has 1 unspecified atom stereocenters. The van der Waals surface area contributed by atoms with Crippen LogP contribution in [0, 0.1) is 11.3 Å². The Kier molecular flexibility index (Phi) is 8.10. The Bertz CT molecular complexity index is 600. The van der Waals surface area contributed by atoms with Crippen molar-refractivity contribution in [2.24, 2.45) is 17.1 Å². The smallest absolute Gasteiger partial charge is 0.253 e. The zero-order valence-corrected chi connectivity index (χ0v) is 17.1. The van der Waals surface area contributed by atoms with Crippen molar-refractivity contribution in [2.45, 2.75) is 53.1 Å². The van der Waals surface area contributed by atoms with Gasteiger partial charge in [-0.2, -0.15) is 0 Å². The van der Waals surface area contributed by atoms with Crippen LogP contribution in [0.1, 0.15) is 56.5 Å². The molecule has 1 aliphatic heterocycles. The van der Waals surface area contributed by atoms with E-state index in [2.05, 4.69) is 5.32 Å². The maximum absolute atomic E-state index is 12.6. The summed E-state index contributed by atoms with van der Waals surface area (Å²) in [6, 6.07) is 7.70. The van der Waals surface area contributed by atoms with Crippen molar-refractivity contribution in [1.82, 2.24) is 10.2 Å². The number of carbonyl (C=O) groups excluding carboxylic acids is 2. The molecule has 0 spiro atoms. The molecular formula is C20H32ClN3O2. The average Bonchev–Trinajstić information content (AvgIpc) is 2.58. The van der Waals surface area contributed by atoms with E-state index < -0.39 is 5.41 Å². The van der Waals surface area contributed by atoms with Gasteiger partial charge in [0.15, 0.2) is 0 Å². The summed E-state index contributed by atoms with van der Waals surface area (Å²) in [5.41, 5.74) is 7.25. The number of rotatable bonds is 4. The molecule has 0 aliphatic carbocycles. The van der Waals surface area contributed by atoms with E-state index >= 15 is 0 Å². The minimum atomic E-state index is -0.400. The highest BCUT2D eigenvalue weighted by atomic mass is 35.5. The van der Waals surface area contributed by atoms with E-state index in [0.717, 1.165) is 31.5 Å². The molecule has 1 aliphatic rings. The third kappa shape index (κ3) is 5.99. The molecule has 1 fully saturated rings. The summed E-state index contributed by atoms with van der Waals surface area (Å²) in [5.74, 6) is 0.607. The number of nitrogens with two attached hydrogens (primary N) is 1. The van der Waals surface area contributed by atoms with Gasteiger partial charge in [0.2, 0.25) is 5.91 Å². The maximum Gasteiger partial charge on any atom is 0.253 e. The Balaban J connectivity index is 0.00000338. The second kappa shape index (κ2) is 9.38. The minimum absolute atomic E-state index is 0. The minimum Gasteiger partial charge on any atom is -0.352 e. The molecule has 5 nitrogen and oxygen atoms in total. The van der Waals surface area contributed by atoms with Gasteiger partial charge >= 0.3 is 0 Å². The van der Waals surface area contributed by atoms with Gasteiger partial charge in [-0.25, -0.2) is 0 Å². The molecule has 1 saturated heterocycles. The monoisotopic (exact) mass is 381 g/mol. The Morgan fingerprint density at radius 3 is 2.19 bits per heavy atom. The van der Waals surface area contributed by atoms with Gasteiger partial charge in [0.05, 0.1) is 0 Å². The van der Waals surface area contributed by atoms with Crippen LogP contribution in [0.25, 0.3) is 0 Å². The molecule has 2 amide bonds. The quantitative estimate of drug-likeness (QED) is 0.841. The van der Waals surface area contributed by atoms with Crippen molar-refractivity contribution in [3.8, 4) is 0 Å². The van der Waals surface area contributed by atoms with Crippen molar-refractivity contribution in [2.75, 3.05) is 13.1 Å². The second-order valence-electron chi connectivity index (χ2n) is 8.12. The number of hydrogen-bond acceptors (Lipinski definition) is 3. The van der Waals surface area contributed by atoms with Gasteiger partial charge in [-0.3, -0.25) is 9.59 Å². The Labute approximate surface area is 163 Å². The summed E-state index contributed by atoms with van der Waals surface area (Å²) in [6.45, 7) is 9.72. The SMILES string of the molecule is CC(N)C1CCN(C(=O)c2ccc(CNC(=O)C(C)(C)C)cc2)CC1.Cl. The van der Waals surface area contributed by atoms with Crippen molar-refractivity contribution >= 4 is 24.2 Å². The molecule has 1 aromatic rings. The van der Waals surface area contributed by atoms with E-state index in [0.29, 0.717) is 18.0 Å². The van der Waals surface area contributed by atoms with E-state index in [9.17, 15) is 9.59 Å². The molecule has 1 aromatic carbocycles.